The highest BCUT2D eigenvalue weighted by molar-refractivity contribution is 7.90. The highest BCUT2D eigenvalue weighted by Crippen LogP contribution is 2.14. The number of sulfonamides is 1. The van der Waals surface area contributed by atoms with E-state index < -0.39 is 22.1 Å². The molecule has 1 saturated heterocycles. The molecule has 8 heteroatoms. The second-order valence-electron chi connectivity index (χ2n) is 5.93. The summed E-state index contributed by atoms with van der Waals surface area (Å²) in [5.74, 6) is -0.0494. The van der Waals surface area contributed by atoms with Crippen molar-refractivity contribution in [1.82, 2.24) is 14.9 Å². The third kappa shape index (κ3) is 4.22. The lowest BCUT2D eigenvalue weighted by atomic mass is 10.2. The predicted octanol–water partition coefficient (Wildman–Crippen LogP) is 0.992. The van der Waals surface area contributed by atoms with Crippen LogP contribution < -0.4 is 10.0 Å². The van der Waals surface area contributed by atoms with Crippen molar-refractivity contribution < 1.29 is 18.0 Å². The fraction of sp³-hybridized carbons (Fsp3) is 0.467. The lowest BCUT2D eigenvalue weighted by Gasteiger charge is -2.21. The van der Waals surface area contributed by atoms with Crippen LogP contribution in [0.25, 0.3) is 0 Å². The number of benzene rings is 1. The average Bonchev–Trinajstić information content (AvgIpc) is 2.79. The van der Waals surface area contributed by atoms with Gasteiger partial charge in [0.15, 0.2) is 0 Å². The first-order valence-corrected chi connectivity index (χ1v) is 8.87. The molecule has 0 aromatic heterocycles. The van der Waals surface area contributed by atoms with E-state index >= 15 is 0 Å². The van der Waals surface area contributed by atoms with Gasteiger partial charge in [0, 0.05) is 19.0 Å². The molecule has 0 aliphatic carbocycles. The van der Waals surface area contributed by atoms with E-state index in [4.69, 9.17) is 0 Å². The smallest absolute Gasteiger partial charge is 0.328 e. The van der Waals surface area contributed by atoms with Gasteiger partial charge in [-0.2, -0.15) is 0 Å². The van der Waals surface area contributed by atoms with Crippen LogP contribution in [-0.4, -0.2) is 43.9 Å². The molecule has 0 saturated carbocycles. The van der Waals surface area contributed by atoms with Crippen molar-refractivity contribution in [3.63, 3.8) is 0 Å². The molecule has 1 unspecified atom stereocenters. The normalized spacial score (nSPS) is 18.3. The summed E-state index contributed by atoms with van der Waals surface area (Å²) in [5, 5.41) is 2.54. The van der Waals surface area contributed by atoms with Crippen LogP contribution in [0.15, 0.2) is 29.2 Å². The Morgan fingerprint density at radius 3 is 2.39 bits per heavy atom. The van der Waals surface area contributed by atoms with Crippen molar-refractivity contribution in [2.45, 2.75) is 44.2 Å². The standard InChI is InChI=1S/C15H21N3O4S/c1-10(2)18-9-12(8-14(18)19)16-15(20)17-23(21,22)13-6-4-11(3)5-7-13/h4-7,10,12H,8-9H2,1-3H3,(H2,16,17,20). The van der Waals surface area contributed by atoms with Crippen LogP contribution in [0.4, 0.5) is 4.79 Å². The zero-order valence-corrected chi connectivity index (χ0v) is 14.2. The van der Waals surface area contributed by atoms with Gasteiger partial charge in [0.1, 0.15) is 0 Å². The van der Waals surface area contributed by atoms with E-state index in [0.717, 1.165) is 5.56 Å². The number of carbonyl (C=O) groups excluding carboxylic acids is 2. The van der Waals surface area contributed by atoms with Crippen LogP contribution in [0.2, 0.25) is 0 Å². The number of nitrogens with zero attached hydrogens (tertiary/aromatic N) is 1. The summed E-state index contributed by atoms with van der Waals surface area (Å²) in [7, 11) is -3.92. The molecule has 126 valence electrons. The van der Waals surface area contributed by atoms with Gasteiger partial charge in [-0.15, -0.1) is 0 Å². The maximum absolute atomic E-state index is 12.1. The second kappa shape index (κ2) is 6.57. The Morgan fingerprint density at radius 2 is 1.87 bits per heavy atom. The average molecular weight is 339 g/mol. The largest absolute Gasteiger partial charge is 0.338 e. The topological polar surface area (TPSA) is 95.6 Å². The molecule has 1 atom stereocenters. The van der Waals surface area contributed by atoms with Gasteiger partial charge in [-0.05, 0) is 32.9 Å². The number of likely N-dealkylation sites (tertiary alicyclic amines) is 1. The number of hydrogen-bond acceptors (Lipinski definition) is 4. The molecule has 1 aliphatic heterocycles. The molecule has 1 aliphatic rings. The van der Waals surface area contributed by atoms with Crippen molar-refractivity contribution in [3.8, 4) is 0 Å². The lowest BCUT2D eigenvalue weighted by molar-refractivity contribution is -0.129. The quantitative estimate of drug-likeness (QED) is 0.855. The number of urea groups is 1. The monoisotopic (exact) mass is 339 g/mol. The maximum atomic E-state index is 12.1. The van der Waals surface area contributed by atoms with Crippen molar-refractivity contribution in [2.24, 2.45) is 0 Å². The zero-order valence-electron chi connectivity index (χ0n) is 13.4. The first-order valence-electron chi connectivity index (χ1n) is 7.38. The van der Waals surface area contributed by atoms with E-state index in [-0.39, 0.29) is 23.3 Å². The van der Waals surface area contributed by atoms with Crippen LogP contribution in [0.1, 0.15) is 25.8 Å². The molecule has 1 aromatic rings. The highest BCUT2D eigenvalue weighted by atomic mass is 32.2. The summed E-state index contributed by atoms with van der Waals surface area (Å²) in [5.41, 5.74) is 0.923. The number of hydrogen-bond donors (Lipinski definition) is 2. The summed E-state index contributed by atoms with van der Waals surface area (Å²) >= 11 is 0. The van der Waals surface area contributed by atoms with Crippen molar-refractivity contribution >= 4 is 22.0 Å². The molecule has 3 amide bonds. The Labute approximate surface area is 136 Å². The number of rotatable bonds is 4. The number of aryl methyl sites for hydroxylation is 1. The Bertz CT molecular complexity index is 698. The van der Waals surface area contributed by atoms with Crippen LogP contribution >= 0.6 is 0 Å². The Morgan fingerprint density at radius 1 is 1.26 bits per heavy atom. The third-order valence-corrected chi connectivity index (χ3v) is 5.02. The Hall–Kier alpha value is -2.09. The SMILES string of the molecule is Cc1ccc(S(=O)(=O)NC(=O)NC2CC(=O)N(C(C)C)C2)cc1. The summed E-state index contributed by atoms with van der Waals surface area (Å²) in [6.45, 7) is 6.01. The van der Waals surface area contributed by atoms with Crippen molar-refractivity contribution in [1.29, 1.82) is 0 Å². The van der Waals surface area contributed by atoms with Gasteiger partial charge >= 0.3 is 6.03 Å². The second-order valence-corrected chi connectivity index (χ2v) is 7.62. The molecule has 0 radical (unpaired) electrons. The maximum Gasteiger partial charge on any atom is 0.328 e. The number of amides is 3. The lowest BCUT2D eigenvalue weighted by Crippen LogP contribution is -2.45. The molecular formula is C15H21N3O4S. The molecule has 1 fully saturated rings. The fourth-order valence-corrected chi connectivity index (χ4v) is 3.36. The molecule has 0 spiro atoms. The van der Waals surface area contributed by atoms with Crippen LogP contribution in [0.3, 0.4) is 0 Å². The summed E-state index contributed by atoms with van der Waals surface area (Å²) in [6.07, 6.45) is 0.177. The van der Waals surface area contributed by atoms with Crippen molar-refractivity contribution in [2.75, 3.05) is 6.54 Å². The minimum absolute atomic E-state index is 0.0181. The molecule has 2 rings (SSSR count). The molecule has 23 heavy (non-hydrogen) atoms. The van der Waals surface area contributed by atoms with Gasteiger partial charge < -0.3 is 10.2 Å². The van der Waals surface area contributed by atoms with Gasteiger partial charge in [0.2, 0.25) is 5.91 Å². The van der Waals surface area contributed by atoms with E-state index in [2.05, 4.69) is 5.32 Å². The predicted molar refractivity (Wildman–Crippen MR) is 85.3 cm³/mol. The Kier molecular flexibility index (Phi) is 4.93. The number of nitrogens with one attached hydrogen (secondary N) is 2. The minimum atomic E-state index is -3.92. The fourth-order valence-electron chi connectivity index (χ4n) is 2.44. The zero-order chi connectivity index (χ0) is 17.2. The van der Waals surface area contributed by atoms with Gasteiger partial charge in [-0.25, -0.2) is 17.9 Å². The number of carbonyl (C=O) groups is 2. The first kappa shape index (κ1) is 17.3. The molecule has 7 nitrogen and oxygen atoms in total. The molecular weight excluding hydrogens is 318 g/mol. The van der Waals surface area contributed by atoms with E-state index in [1.807, 2.05) is 25.5 Å². The molecule has 2 N–H and O–H groups in total. The summed E-state index contributed by atoms with van der Waals surface area (Å²) in [4.78, 5) is 25.4. The van der Waals surface area contributed by atoms with Gasteiger partial charge in [0.25, 0.3) is 10.0 Å². The first-order chi connectivity index (χ1) is 10.7. The highest BCUT2D eigenvalue weighted by Gasteiger charge is 2.32. The molecule has 1 aromatic carbocycles. The van der Waals surface area contributed by atoms with Crippen LogP contribution in [0.5, 0.6) is 0 Å². The summed E-state index contributed by atoms with van der Waals surface area (Å²) in [6, 6.07) is 5.01. The van der Waals surface area contributed by atoms with E-state index in [1.54, 1.807) is 17.0 Å². The minimum Gasteiger partial charge on any atom is -0.338 e. The molecule has 1 heterocycles. The summed E-state index contributed by atoms with van der Waals surface area (Å²) < 4.78 is 26.2. The third-order valence-electron chi connectivity index (χ3n) is 3.68. The van der Waals surface area contributed by atoms with Crippen molar-refractivity contribution in [3.05, 3.63) is 29.8 Å². The van der Waals surface area contributed by atoms with Crippen LogP contribution in [-0.2, 0) is 14.8 Å². The van der Waals surface area contributed by atoms with E-state index in [1.165, 1.54) is 12.1 Å². The van der Waals surface area contributed by atoms with Gasteiger partial charge in [-0.3, -0.25) is 4.79 Å². The van der Waals surface area contributed by atoms with Gasteiger partial charge in [-0.1, -0.05) is 17.7 Å². The van der Waals surface area contributed by atoms with Crippen LogP contribution in [0, 0.1) is 6.92 Å². The Balaban J connectivity index is 1.97. The van der Waals surface area contributed by atoms with E-state index in [0.29, 0.717) is 6.54 Å². The molecule has 0 bridgehead atoms. The van der Waals surface area contributed by atoms with Gasteiger partial charge in [0.05, 0.1) is 10.9 Å². The van der Waals surface area contributed by atoms with E-state index in [9.17, 15) is 18.0 Å².